The molecule has 200 valence electrons. The first-order chi connectivity index (χ1) is 18.9. The van der Waals surface area contributed by atoms with Crippen molar-refractivity contribution < 1.29 is 28.2 Å². The summed E-state index contributed by atoms with van der Waals surface area (Å²) >= 11 is 3.25. The highest BCUT2D eigenvalue weighted by molar-refractivity contribution is 9.10. The number of ether oxygens (including phenoxy) is 2. The molecule has 0 aliphatic carbocycles. The number of nitrogens with zero attached hydrogens (tertiary/aromatic N) is 2. The van der Waals surface area contributed by atoms with Crippen molar-refractivity contribution in [3.8, 4) is 0 Å². The van der Waals surface area contributed by atoms with Gasteiger partial charge in [0.15, 0.2) is 0 Å². The number of carbonyl (C=O) groups is 3. The van der Waals surface area contributed by atoms with Gasteiger partial charge in [0, 0.05) is 22.3 Å². The number of carbonyl (C=O) groups excluding carboxylic acids is 3. The van der Waals surface area contributed by atoms with Crippen LogP contribution in [0.15, 0.2) is 89.7 Å². The second-order valence-corrected chi connectivity index (χ2v) is 9.07. The van der Waals surface area contributed by atoms with Gasteiger partial charge in [-0.15, -0.1) is 0 Å². The molecule has 0 saturated heterocycles. The fourth-order valence-electron chi connectivity index (χ4n) is 3.71. The van der Waals surface area contributed by atoms with Crippen molar-refractivity contribution in [1.29, 1.82) is 0 Å². The third kappa shape index (κ3) is 7.51. The van der Waals surface area contributed by atoms with E-state index in [0.717, 1.165) is 15.7 Å². The Labute approximate surface area is 232 Å². The minimum Gasteiger partial charge on any atom is -0.447 e. The highest BCUT2D eigenvalue weighted by Crippen LogP contribution is 2.23. The SMILES string of the molecule is O=C(Nc1cccc2ccccc12)OCCN(C(=O)OCCNC(=O)c1cncc(Br)c1)c1ccccc1F. The fraction of sp³-hybridized carbons (Fsp3) is 0.143. The number of fused-ring (bicyclic) bond motifs is 1. The number of pyridine rings is 1. The molecule has 0 aliphatic rings. The summed E-state index contributed by atoms with van der Waals surface area (Å²) in [6, 6.07) is 20.3. The number of amides is 3. The van der Waals surface area contributed by atoms with Gasteiger partial charge in [-0.25, -0.2) is 14.0 Å². The molecule has 0 saturated carbocycles. The van der Waals surface area contributed by atoms with Crippen LogP contribution in [0.5, 0.6) is 0 Å². The van der Waals surface area contributed by atoms with Crippen LogP contribution in [-0.4, -0.2) is 49.4 Å². The highest BCUT2D eigenvalue weighted by Gasteiger charge is 2.21. The molecule has 2 N–H and O–H groups in total. The maximum atomic E-state index is 14.5. The van der Waals surface area contributed by atoms with Crippen LogP contribution in [0.3, 0.4) is 0 Å². The zero-order chi connectivity index (χ0) is 27.6. The molecule has 0 atom stereocenters. The van der Waals surface area contributed by atoms with Gasteiger partial charge < -0.3 is 14.8 Å². The number of anilines is 2. The van der Waals surface area contributed by atoms with Gasteiger partial charge in [-0.3, -0.25) is 20.0 Å². The summed E-state index contributed by atoms with van der Waals surface area (Å²) in [7, 11) is 0. The average Bonchev–Trinajstić information content (AvgIpc) is 2.94. The van der Waals surface area contributed by atoms with Gasteiger partial charge in [-0.05, 0) is 45.6 Å². The van der Waals surface area contributed by atoms with Gasteiger partial charge in [0.1, 0.15) is 19.0 Å². The van der Waals surface area contributed by atoms with Crippen LogP contribution in [0, 0.1) is 5.82 Å². The molecule has 0 radical (unpaired) electrons. The molecule has 11 heteroatoms. The molecule has 4 aromatic rings. The van der Waals surface area contributed by atoms with Crippen molar-refractivity contribution in [3.63, 3.8) is 0 Å². The van der Waals surface area contributed by atoms with Crippen LogP contribution < -0.4 is 15.5 Å². The lowest BCUT2D eigenvalue weighted by atomic mass is 10.1. The summed E-state index contributed by atoms with van der Waals surface area (Å²) in [5.74, 6) is -1.04. The lowest BCUT2D eigenvalue weighted by Gasteiger charge is -2.22. The molecule has 1 heterocycles. The van der Waals surface area contributed by atoms with Crippen molar-refractivity contribution in [3.05, 3.63) is 101 Å². The number of rotatable bonds is 9. The van der Waals surface area contributed by atoms with E-state index >= 15 is 0 Å². The third-order valence-corrected chi connectivity index (χ3v) is 5.95. The van der Waals surface area contributed by atoms with E-state index < -0.39 is 23.9 Å². The molecule has 0 spiro atoms. The van der Waals surface area contributed by atoms with Crippen molar-refractivity contribution in [2.45, 2.75) is 0 Å². The highest BCUT2D eigenvalue weighted by atomic mass is 79.9. The Morgan fingerprint density at radius 2 is 1.69 bits per heavy atom. The standard InChI is InChI=1S/C28H24BrFN4O5/c29-21-16-20(17-31-18-21)26(35)32-12-14-39-28(37)34(25-11-4-3-9-23(25)30)13-15-38-27(36)33-24-10-5-7-19-6-1-2-8-22(19)24/h1-11,16-18H,12-15H2,(H,32,35)(H,33,36). The van der Waals surface area contributed by atoms with Crippen LogP contribution in [-0.2, 0) is 9.47 Å². The lowest BCUT2D eigenvalue weighted by Crippen LogP contribution is -2.37. The number of aromatic nitrogens is 1. The van der Waals surface area contributed by atoms with E-state index in [1.165, 1.54) is 24.4 Å². The number of hydrogen-bond acceptors (Lipinski definition) is 6. The minimum absolute atomic E-state index is 0.0200. The number of hydrogen-bond donors (Lipinski definition) is 2. The first-order valence-corrected chi connectivity index (χ1v) is 12.7. The van der Waals surface area contributed by atoms with E-state index in [9.17, 15) is 18.8 Å². The smallest absolute Gasteiger partial charge is 0.414 e. The molecule has 9 nitrogen and oxygen atoms in total. The summed E-state index contributed by atoms with van der Waals surface area (Å²) in [5, 5.41) is 7.11. The van der Waals surface area contributed by atoms with Crippen LogP contribution >= 0.6 is 15.9 Å². The normalized spacial score (nSPS) is 10.5. The molecule has 0 aliphatic heterocycles. The van der Waals surface area contributed by atoms with E-state index in [2.05, 4.69) is 31.5 Å². The number of para-hydroxylation sites is 1. The monoisotopic (exact) mass is 594 g/mol. The lowest BCUT2D eigenvalue weighted by molar-refractivity contribution is 0.0935. The fourth-order valence-corrected chi connectivity index (χ4v) is 4.07. The average molecular weight is 595 g/mol. The van der Waals surface area contributed by atoms with Gasteiger partial charge in [-0.1, -0.05) is 48.5 Å². The Morgan fingerprint density at radius 3 is 2.51 bits per heavy atom. The van der Waals surface area contributed by atoms with Gasteiger partial charge >= 0.3 is 12.2 Å². The van der Waals surface area contributed by atoms with Crippen LogP contribution in [0.4, 0.5) is 25.4 Å². The summed E-state index contributed by atoms with van der Waals surface area (Å²) in [6.45, 7) is -0.545. The molecule has 3 aromatic carbocycles. The van der Waals surface area contributed by atoms with Crippen LogP contribution in [0.25, 0.3) is 10.8 Å². The van der Waals surface area contributed by atoms with Gasteiger partial charge in [0.05, 0.1) is 30.0 Å². The Bertz CT molecular complexity index is 1480. The molecule has 1 aromatic heterocycles. The maximum Gasteiger partial charge on any atom is 0.414 e. The molecule has 0 bridgehead atoms. The van der Waals surface area contributed by atoms with E-state index in [1.54, 1.807) is 24.4 Å². The molecular weight excluding hydrogens is 571 g/mol. The van der Waals surface area contributed by atoms with Crippen molar-refractivity contribution >= 4 is 56.2 Å². The zero-order valence-electron chi connectivity index (χ0n) is 20.6. The van der Waals surface area contributed by atoms with Gasteiger partial charge in [-0.2, -0.15) is 0 Å². The Kier molecular flexibility index (Phi) is 9.41. The summed E-state index contributed by atoms with van der Waals surface area (Å²) in [6.07, 6.45) is 1.37. The number of halogens is 2. The summed E-state index contributed by atoms with van der Waals surface area (Å²) < 4.78 is 25.7. The largest absolute Gasteiger partial charge is 0.447 e. The predicted octanol–water partition coefficient (Wildman–Crippen LogP) is 5.76. The molecule has 39 heavy (non-hydrogen) atoms. The van der Waals surface area contributed by atoms with E-state index in [4.69, 9.17) is 9.47 Å². The van der Waals surface area contributed by atoms with E-state index in [0.29, 0.717) is 15.7 Å². The first kappa shape index (κ1) is 27.5. The number of nitrogens with one attached hydrogen (secondary N) is 2. The van der Waals surface area contributed by atoms with Gasteiger partial charge in [0.2, 0.25) is 0 Å². The summed E-state index contributed by atoms with van der Waals surface area (Å²) in [4.78, 5) is 42.4. The van der Waals surface area contributed by atoms with Gasteiger partial charge in [0.25, 0.3) is 5.91 Å². The second-order valence-electron chi connectivity index (χ2n) is 8.15. The first-order valence-electron chi connectivity index (χ1n) is 11.9. The van der Waals surface area contributed by atoms with Crippen molar-refractivity contribution in [2.75, 3.05) is 36.5 Å². The van der Waals surface area contributed by atoms with Crippen LogP contribution in [0.2, 0.25) is 0 Å². The van der Waals surface area contributed by atoms with Crippen LogP contribution in [0.1, 0.15) is 10.4 Å². The maximum absolute atomic E-state index is 14.5. The zero-order valence-corrected chi connectivity index (χ0v) is 22.2. The summed E-state index contributed by atoms with van der Waals surface area (Å²) in [5.41, 5.74) is 0.872. The Morgan fingerprint density at radius 1 is 0.923 bits per heavy atom. The third-order valence-electron chi connectivity index (χ3n) is 5.52. The van der Waals surface area contributed by atoms with E-state index in [1.807, 2.05) is 36.4 Å². The second kappa shape index (κ2) is 13.3. The molecule has 3 amide bonds. The molecule has 0 unspecified atom stereocenters. The molecule has 0 fully saturated rings. The number of benzene rings is 3. The minimum atomic E-state index is -0.864. The topological polar surface area (TPSA) is 110 Å². The molecule has 4 rings (SSSR count). The van der Waals surface area contributed by atoms with E-state index in [-0.39, 0.29) is 32.0 Å². The van der Waals surface area contributed by atoms with Crippen molar-refractivity contribution in [2.24, 2.45) is 0 Å². The van der Waals surface area contributed by atoms with Crippen molar-refractivity contribution in [1.82, 2.24) is 10.3 Å². The quantitative estimate of drug-likeness (QED) is 0.238. The Hall–Kier alpha value is -4.51. The Balaban J connectivity index is 1.32. The predicted molar refractivity (Wildman–Crippen MR) is 148 cm³/mol. The molecular formula is C28H24BrFN4O5.